The van der Waals surface area contributed by atoms with Crippen LogP contribution in [-0.2, 0) is 27.5 Å². The third-order valence-corrected chi connectivity index (χ3v) is 4.37. The fraction of sp³-hybridized carbons (Fsp3) is 0.333. The fourth-order valence-electron chi connectivity index (χ4n) is 2.73. The van der Waals surface area contributed by atoms with Gasteiger partial charge in [0.1, 0.15) is 24.1 Å². The minimum atomic E-state index is -0.535. The number of nitrogens with one attached hydrogen (secondary N) is 1. The van der Waals surface area contributed by atoms with Crippen LogP contribution in [0, 0.1) is 18.6 Å². The molecule has 0 saturated heterocycles. The van der Waals surface area contributed by atoms with E-state index >= 15 is 0 Å². The molecule has 5 N–H and O–H groups in total. The maximum Gasteiger partial charge on any atom is 0.149 e. The van der Waals surface area contributed by atoms with Crippen LogP contribution < -0.4 is 5.32 Å². The molecule has 0 spiro atoms. The van der Waals surface area contributed by atoms with Crippen LogP contribution in [0.1, 0.15) is 42.0 Å². The van der Waals surface area contributed by atoms with Gasteiger partial charge >= 0.3 is 0 Å². The molecule has 0 fully saturated rings. The van der Waals surface area contributed by atoms with Crippen molar-refractivity contribution in [2.45, 2.75) is 33.1 Å². The topological polar surface area (TPSA) is 84.0 Å². The molecule has 0 saturated carbocycles. The second kappa shape index (κ2) is 10.2. The Hall–Kier alpha value is -1.20. The zero-order chi connectivity index (χ0) is 18.0. The maximum atomic E-state index is 14.7. The molecule has 26 heavy (non-hydrogen) atoms. The van der Waals surface area contributed by atoms with E-state index in [9.17, 15) is 13.9 Å². The maximum absolute atomic E-state index is 14.7. The summed E-state index contributed by atoms with van der Waals surface area (Å²) < 4.78 is 29.0. The summed E-state index contributed by atoms with van der Waals surface area (Å²) in [7, 11) is 0. The first kappa shape index (κ1) is 24.8. The summed E-state index contributed by atoms with van der Waals surface area (Å²) in [6.07, 6.45) is 0.104. The quantitative estimate of drug-likeness (QED) is 0.488. The molecule has 0 unspecified atom stereocenters. The predicted molar refractivity (Wildman–Crippen MR) is 95.4 cm³/mol. The van der Waals surface area contributed by atoms with E-state index in [1.165, 1.54) is 18.2 Å². The third kappa shape index (κ3) is 4.95. The van der Waals surface area contributed by atoms with Crippen LogP contribution in [0.3, 0.4) is 0 Å². The van der Waals surface area contributed by atoms with Gasteiger partial charge in [0.05, 0.1) is 5.69 Å². The number of rotatable bonds is 5. The van der Waals surface area contributed by atoms with Crippen molar-refractivity contribution in [1.29, 1.82) is 0 Å². The van der Waals surface area contributed by atoms with Gasteiger partial charge in [-0.15, -0.1) is 0 Å². The van der Waals surface area contributed by atoms with Crippen LogP contribution in [0.15, 0.2) is 18.2 Å². The summed E-state index contributed by atoms with van der Waals surface area (Å²) in [6, 6.07) is 4.29. The number of benzene rings is 2. The molecule has 2 rings (SSSR count). The van der Waals surface area contributed by atoms with Gasteiger partial charge in [-0.3, -0.25) is 0 Å². The first-order chi connectivity index (χ1) is 11.3. The van der Waals surface area contributed by atoms with Gasteiger partial charge in [0, 0.05) is 38.1 Å². The molecule has 4 nitrogen and oxygen atoms in total. The molecule has 0 aromatic heterocycles. The average Bonchev–Trinajstić information content (AvgIpc) is 2.51. The number of phenolic OH excluding ortho intramolecular Hbond substituents is 1. The molecule has 0 heterocycles. The summed E-state index contributed by atoms with van der Waals surface area (Å²) >= 11 is 6.22. The molecule has 2 aromatic rings. The van der Waals surface area contributed by atoms with Gasteiger partial charge in [0.2, 0.25) is 0 Å². The number of phenols is 1. The summed E-state index contributed by atoms with van der Waals surface area (Å²) in [6.45, 7) is 4.71. The van der Waals surface area contributed by atoms with E-state index in [1.807, 2.05) is 0 Å². The molecule has 8 heteroatoms. The minimum absolute atomic E-state index is 0. The number of hydrogen-bond donors (Lipinski definition) is 3. The van der Waals surface area contributed by atoms with Crippen molar-refractivity contribution < 1.29 is 45.5 Å². The minimum Gasteiger partial charge on any atom is -0.508 e. The van der Waals surface area contributed by atoms with Crippen LogP contribution in [-0.4, -0.2) is 22.4 Å². The Morgan fingerprint density at radius 2 is 1.81 bits per heavy atom. The number of anilines is 1. The van der Waals surface area contributed by atoms with E-state index in [0.717, 1.165) is 0 Å². The zero-order valence-electron chi connectivity index (χ0n) is 14.7. The van der Waals surface area contributed by atoms with Gasteiger partial charge in [-0.2, -0.15) is 0 Å². The molecule has 0 atom stereocenters. The van der Waals surface area contributed by atoms with Crippen molar-refractivity contribution in [3.63, 3.8) is 0 Å². The van der Waals surface area contributed by atoms with E-state index < -0.39 is 18.4 Å². The normalized spacial score (nSPS) is 10.3. The van der Waals surface area contributed by atoms with Gasteiger partial charge in [-0.1, -0.05) is 31.5 Å². The second-order valence-corrected chi connectivity index (χ2v) is 6.37. The molecule has 0 aliphatic rings. The standard InChI is InChI=1S/C18H20ClF2NO2.H2O.W/c1-9(2)16-15(24)5-4-11(18(16)21)6-12-10(3)17(20)14(22-8-23)7-13(12)19;;/h4-5,7,9,22-24H,6,8H2,1-3H3;1H2;. The summed E-state index contributed by atoms with van der Waals surface area (Å²) in [5, 5.41) is 21.5. The predicted octanol–water partition coefficient (Wildman–Crippen LogP) is 3.88. The number of aromatic hydroxyl groups is 1. The van der Waals surface area contributed by atoms with Crippen LogP contribution in [0.4, 0.5) is 14.5 Å². The Morgan fingerprint density at radius 3 is 2.35 bits per heavy atom. The van der Waals surface area contributed by atoms with Crippen molar-refractivity contribution in [3.05, 3.63) is 57.1 Å². The largest absolute Gasteiger partial charge is 0.508 e. The van der Waals surface area contributed by atoms with E-state index in [1.54, 1.807) is 20.8 Å². The van der Waals surface area contributed by atoms with Crippen LogP contribution in [0.5, 0.6) is 5.75 Å². The van der Waals surface area contributed by atoms with Crippen molar-refractivity contribution in [3.8, 4) is 5.75 Å². The Morgan fingerprint density at radius 1 is 1.19 bits per heavy atom. The molecule has 0 bridgehead atoms. The van der Waals surface area contributed by atoms with Crippen molar-refractivity contribution >= 4 is 17.3 Å². The van der Waals surface area contributed by atoms with Gasteiger partial charge in [-0.05, 0) is 41.7 Å². The van der Waals surface area contributed by atoms with Crippen molar-refractivity contribution in [1.82, 2.24) is 0 Å². The first-order valence-electron chi connectivity index (χ1n) is 7.60. The van der Waals surface area contributed by atoms with Crippen LogP contribution in [0.25, 0.3) is 0 Å². The third-order valence-electron chi connectivity index (χ3n) is 4.03. The Labute approximate surface area is 170 Å². The van der Waals surface area contributed by atoms with Gasteiger partial charge < -0.3 is 21.0 Å². The number of aliphatic hydroxyl groups excluding tert-OH is 1. The molecule has 144 valence electrons. The average molecular weight is 558 g/mol. The fourth-order valence-corrected chi connectivity index (χ4v) is 3.04. The summed E-state index contributed by atoms with van der Waals surface area (Å²) in [4.78, 5) is 0. The van der Waals surface area contributed by atoms with Gasteiger partial charge in [-0.25, -0.2) is 8.78 Å². The Bertz CT molecular complexity index is 773. The number of halogens is 3. The summed E-state index contributed by atoms with van der Waals surface area (Å²) in [5.41, 5.74) is 1.43. The van der Waals surface area contributed by atoms with Crippen LogP contribution in [0.2, 0.25) is 5.02 Å². The molecule has 0 aliphatic carbocycles. The van der Waals surface area contributed by atoms with E-state index in [-0.39, 0.29) is 66.5 Å². The number of hydrogen-bond acceptors (Lipinski definition) is 3. The van der Waals surface area contributed by atoms with E-state index in [4.69, 9.17) is 16.7 Å². The molecular formula is C18H22ClF2NO3W. The van der Waals surface area contributed by atoms with Crippen LogP contribution >= 0.6 is 11.6 Å². The molecule has 0 aliphatic heterocycles. The SMILES string of the molecule is Cc1c(F)c(NCO)cc(Cl)c1Cc1ccc(O)c(C(C)C)c1F.O.[W]. The van der Waals surface area contributed by atoms with Crippen molar-refractivity contribution in [2.75, 3.05) is 12.0 Å². The summed E-state index contributed by atoms with van der Waals surface area (Å²) in [5.74, 6) is -1.32. The first-order valence-corrected chi connectivity index (χ1v) is 7.98. The van der Waals surface area contributed by atoms with Gasteiger partial charge in [0.25, 0.3) is 0 Å². The van der Waals surface area contributed by atoms with Crippen molar-refractivity contribution in [2.24, 2.45) is 0 Å². The van der Waals surface area contributed by atoms with Gasteiger partial charge in [0.15, 0.2) is 0 Å². The Kier molecular flexibility index (Phi) is 9.74. The van der Waals surface area contributed by atoms with E-state index in [0.29, 0.717) is 11.1 Å². The molecule has 2 aromatic carbocycles. The number of aliphatic hydroxyl groups is 1. The monoisotopic (exact) mass is 557 g/mol. The Balaban J connectivity index is 0.00000312. The molecule has 0 amide bonds. The van der Waals surface area contributed by atoms with E-state index in [2.05, 4.69) is 5.32 Å². The second-order valence-electron chi connectivity index (χ2n) is 5.96. The zero-order valence-corrected chi connectivity index (χ0v) is 18.3. The smallest absolute Gasteiger partial charge is 0.149 e. The molecule has 0 radical (unpaired) electrons. The molecular weight excluding hydrogens is 535 g/mol.